The van der Waals surface area contributed by atoms with Crippen LogP contribution in [0.5, 0.6) is 0 Å². The van der Waals surface area contributed by atoms with Crippen molar-refractivity contribution >= 4 is 23.3 Å². The van der Waals surface area contributed by atoms with Crippen molar-refractivity contribution in [2.24, 2.45) is 5.16 Å². The summed E-state index contributed by atoms with van der Waals surface area (Å²) in [5.41, 5.74) is 0. The molecule has 0 saturated carbocycles. The molecule has 0 aliphatic heterocycles. The number of hydrogen-bond donors (Lipinski definition) is 0. The standard InChI is InChI=1S/C6H5NO2S/c8-5(4-7-9)6-2-1-3-10-6/h1-4,9H/p-1/b7-4+. The lowest BCUT2D eigenvalue weighted by Gasteiger charge is -1.88. The minimum Gasteiger partial charge on any atom is -0.792 e. The Morgan fingerprint density at radius 1 is 1.80 bits per heavy atom. The Morgan fingerprint density at radius 3 is 3.10 bits per heavy atom. The topological polar surface area (TPSA) is 52.5 Å². The molecule has 0 saturated heterocycles. The average molecular weight is 154 g/mol. The van der Waals surface area contributed by atoms with Crippen LogP contribution in [0, 0.1) is 5.21 Å². The van der Waals surface area contributed by atoms with Crippen molar-refractivity contribution in [2.75, 3.05) is 0 Å². The van der Waals surface area contributed by atoms with Gasteiger partial charge in [-0.3, -0.25) is 4.79 Å². The molecular weight excluding hydrogens is 150 g/mol. The molecule has 1 aromatic rings. The van der Waals surface area contributed by atoms with Crippen molar-refractivity contribution < 1.29 is 4.79 Å². The van der Waals surface area contributed by atoms with E-state index in [0.29, 0.717) is 4.88 Å². The van der Waals surface area contributed by atoms with Gasteiger partial charge >= 0.3 is 0 Å². The molecule has 1 aromatic heterocycles. The Balaban J connectivity index is 2.78. The summed E-state index contributed by atoms with van der Waals surface area (Å²) >= 11 is 1.29. The summed E-state index contributed by atoms with van der Waals surface area (Å²) in [6.07, 6.45) is 0.770. The third-order valence-corrected chi connectivity index (χ3v) is 1.82. The van der Waals surface area contributed by atoms with Crippen molar-refractivity contribution in [3.63, 3.8) is 0 Å². The number of nitrogens with zero attached hydrogens (tertiary/aromatic N) is 1. The average Bonchev–Trinajstić information content (AvgIpc) is 2.38. The van der Waals surface area contributed by atoms with Gasteiger partial charge in [0.1, 0.15) is 0 Å². The van der Waals surface area contributed by atoms with Gasteiger partial charge in [0.25, 0.3) is 0 Å². The smallest absolute Gasteiger partial charge is 0.213 e. The fourth-order valence-electron chi connectivity index (χ4n) is 0.530. The largest absolute Gasteiger partial charge is 0.792 e. The third-order valence-electron chi connectivity index (χ3n) is 0.934. The van der Waals surface area contributed by atoms with Gasteiger partial charge in [0.05, 0.1) is 11.1 Å². The van der Waals surface area contributed by atoms with E-state index in [9.17, 15) is 10.0 Å². The third kappa shape index (κ3) is 1.41. The van der Waals surface area contributed by atoms with E-state index >= 15 is 0 Å². The van der Waals surface area contributed by atoms with Crippen LogP contribution in [0.3, 0.4) is 0 Å². The van der Waals surface area contributed by atoms with Gasteiger partial charge in [0, 0.05) is 0 Å². The zero-order chi connectivity index (χ0) is 7.40. The minimum absolute atomic E-state index is 0.329. The molecule has 1 heterocycles. The second-order valence-electron chi connectivity index (χ2n) is 1.58. The maximum atomic E-state index is 10.8. The predicted molar refractivity (Wildman–Crippen MR) is 40.5 cm³/mol. The van der Waals surface area contributed by atoms with Gasteiger partial charge in [0.2, 0.25) is 5.78 Å². The molecule has 0 atom stereocenters. The van der Waals surface area contributed by atoms with Crippen LogP contribution < -0.4 is 0 Å². The fourth-order valence-corrected chi connectivity index (χ4v) is 1.16. The van der Waals surface area contributed by atoms with E-state index in [1.807, 2.05) is 0 Å². The van der Waals surface area contributed by atoms with Crippen LogP contribution in [-0.2, 0) is 0 Å². The highest BCUT2D eigenvalue weighted by molar-refractivity contribution is 7.12. The van der Waals surface area contributed by atoms with Gasteiger partial charge in [-0.25, -0.2) is 0 Å². The van der Waals surface area contributed by atoms with Crippen LogP contribution in [0.2, 0.25) is 0 Å². The number of ketones is 1. The molecule has 1 rings (SSSR count). The number of hydrogen-bond acceptors (Lipinski definition) is 4. The SMILES string of the molecule is O=C(/C=N/[O-])c1cccs1. The van der Waals surface area contributed by atoms with Crippen LogP contribution in [0.25, 0.3) is 0 Å². The first-order valence-electron chi connectivity index (χ1n) is 2.58. The van der Waals surface area contributed by atoms with Crippen molar-refractivity contribution in [3.05, 3.63) is 27.6 Å². The lowest BCUT2D eigenvalue weighted by molar-refractivity contribution is 0.107. The van der Waals surface area contributed by atoms with Gasteiger partial charge in [-0.1, -0.05) is 6.07 Å². The van der Waals surface area contributed by atoms with Crippen LogP contribution in [-0.4, -0.2) is 12.0 Å². The zero-order valence-corrected chi connectivity index (χ0v) is 5.80. The van der Waals surface area contributed by atoms with Gasteiger partial charge in [-0.05, 0) is 11.4 Å². The number of carbonyl (C=O) groups is 1. The molecule has 0 amide bonds. The first-order valence-corrected chi connectivity index (χ1v) is 3.46. The van der Waals surface area contributed by atoms with Crippen molar-refractivity contribution in [1.29, 1.82) is 0 Å². The van der Waals surface area contributed by atoms with E-state index in [-0.39, 0.29) is 5.78 Å². The minimum atomic E-state index is -0.329. The Bertz CT molecular complexity index is 240. The van der Waals surface area contributed by atoms with Gasteiger partial charge < -0.3 is 10.4 Å². The first-order chi connectivity index (χ1) is 4.84. The van der Waals surface area contributed by atoms with Crippen molar-refractivity contribution in [1.82, 2.24) is 0 Å². The second kappa shape index (κ2) is 3.12. The molecule has 0 aliphatic rings. The molecule has 0 bridgehead atoms. The summed E-state index contributed by atoms with van der Waals surface area (Å²) in [6.45, 7) is 0. The van der Waals surface area contributed by atoms with E-state index < -0.39 is 0 Å². The van der Waals surface area contributed by atoms with Crippen LogP contribution in [0.1, 0.15) is 9.67 Å². The van der Waals surface area contributed by atoms with E-state index in [1.54, 1.807) is 17.5 Å². The first kappa shape index (κ1) is 6.95. The molecule has 0 N–H and O–H groups in total. The van der Waals surface area contributed by atoms with Crippen LogP contribution in [0.15, 0.2) is 22.7 Å². The summed E-state index contributed by atoms with van der Waals surface area (Å²) < 4.78 is 0. The summed E-state index contributed by atoms with van der Waals surface area (Å²) in [5, 5.41) is 13.7. The van der Waals surface area contributed by atoms with Gasteiger partial charge in [-0.2, -0.15) is 0 Å². The highest BCUT2D eigenvalue weighted by atomic mass is 32.1. The molecule has 3 nitrogen and oxygen atoms in total. The van der Waals surface area contributed by atoms with Crippen LogP contribution >= 0.6 is 11.3 Å². The molecule has 10 heavy (non-hydrogen) atoms. The molecular formula is C6H4NO2S-. The highest BCUT2D eigenvalue weighted by Gasteiger charge is 2.00. The van der Waals surface area contributed by atoms with Crippen molar-refractivity contribution in [3.8, 4) is 0 Å². The number of thiophene rings is 1. The Labute approximate surface area is 61.6 Å². The second-order valence-corrected chi connectivity index (χ2v) is 2.52. The number of Topliss-reactive ketones (excluding diaryl/α,β-unsaturated/α-hetero) is 1. The van der Waals surface area contributed by atoms with E-state index in [4.69, 9.17) is 0 Å². The number of rotatable bonds is 2. The molecule has 0 radical (unpaired) electrons. The quantitative estimate of drug-likeness (QED) is 0.368. The normalized spacial score (nSPS) is 10.4. The van der Waals surface area contributed by atoms with Gasteiger partial charge in [0.15, 0.2) is 0 Å². The Morgan fingerprint density at radius 2 is 2.60 bits per heavy atom. The molecule has 0 aromatic carbocycles. The van der Waals surface area contributed by atoms with Crippen LogP contribution in [0.4, 0.5) is 0 Å². The summed E-state index contributed by atoms with van der Waals surface area (Å²) in [7, 11) is 0. The monoisotopic (exact) mass is 154 g/mol. The molecule has 0 spiro atoms. The maximum Gasteiger partial charge on any atom is 0.213 e. The predicted octanol–water partition coefficient (Wildman–Crippen LogP) is 1.50. The lowest BCUT2D eigenvalue weighted by atomic mass is 10.3. The fraction of sp³-hybridized carbons (Fsp3) is 0. The summed E-state index contributed by atoms with van der Waals surface area (Å²) in [6, 6.07) is 3.39. The number of carbonyl (C=O) groups excluding carboxylic acids is 1. The molecule has 0 fully saturated rings. The lowest BCUT2D eigenvalue weighted by Crippen LogP contribution is -1.95. The molecule has 52 valence electrons. The van der Waals surface area contributed by atoms with Gasteiger partial charge in [-0.15, -0.1) is 11.3 Å². The highest BCUT2D eigenvalue weighted by Crippen LogP contribution is 2.07. The molecule has 0 aliphatic carbocycles. The summed E-state index contributed by atoms with van der Waals surface area (Å²) in [5.74, 6) is -0.329. The molecule has 0 unspecified atom stereocenters. The Kier molecular flexibility index (Phi) is 2.17. The van der Waals surface area contributed by atoms with E-state index in [2.05, 4.69) is 5.16 Å². The van der Waals surface area contributed by atoms with E-state index in [0.717, 1.165) is 6.21 Å². The van der Waals surface area contributed by atoms with E-state index in [1.165, 1.54) is 11.3 Å². The van der Waals surface area contributed by atoms with Crippen molar-refractivity contribution in [2.45, 2.75) is 0 Å². The summed E-state index contributed by atoms with van der Waals surface area (Å²) in [4.78, 5) is 11.3. The zero-order valence-electron chi connectivity index (χ0n) is 4.98. The maximum absolute atomic E-state index is 10.8. The Hall–Kier alpha value is -1.16. The molecule has 4 heteroatoms.